The van der Waals surface area contributed by atoms with Crippen LogP contribution in [0.5, 0.6) is 5.75 Å². The summed E-state index contributed by atoms with van der Waals surface area (Å²) in [5.41, 5.74) is 2.29. The molecule has 1 N–H and O–H groups in total. The third-order valence-corrected chi connectivity index (χ3v) is 4.62. The average molecular weight is 347 g/mol. The largest absolute Gasteiger partial charge is 0.480 e. The van der Waals surface area contributed by atoms with Crippen molar-refractivity contribution in [2.24, 2.45) is 0 Å². The Morgan fingerprint density at radius 1 is 1.00 bits per heavy atom. The SMILES string of the molecule is CC[C@@H](Oc1cccc2ccccc12)C(=O)N[C@@H](C)c1ccc(C)cc1. The molecule has 0 aliphatic carbocycles. The van der Waals surface area contributed by atoms with Crippen LogP contribution in [0.2, 0.25) is 0 Å². The fraction of sp³-hybridized carbons (Fsp3) is 0.261. The highest BCUT2D eigenvalue weighted by Crippen LogP contribution is 2.26. The molecule has 0 unspecified atom stereocenters. The molecule has 0 spiro atoms. The standard InChI is InChI=1S/C23H25NO2/c1-4-21(23(25)24-17(3)18-14-12-16(2)13-15-18)26-22-11-7-9-19-8-5-6-10-20(19)22/h5-15,17,21H,4H2,1-3H3,(H,24,25)/t17-,21+/m0/s1. The Balaban J connectivity index is 1.73. The molecule has 0 fully saturated rings. The van der Waals surface area contributed by atoms with Crippen LogP contribution < -0.4 is 10.1 Å². The zero-order valence-corrected chi connectivity index (χ0v) is 15.5. The first-order valence-corrected chi connectivity index (χ1v) is 9.10. The van der Waals surface area contributed by atoms with E-state index in [0.29, 0.717) is 6.42 Å². The Kier molecular flexibility index (Phi) is 5.57. The van der Waals surface area contributed by atoms with Crippen LogP contribution in [-0.4, -0.2) is 12.0 Å². The van der Waals surface area contributed by atoms with E-state index in [0.717, 1.165) is 22.1 Å². The number of fused-ring (bicyclic) bond motifs is 1. The lowest BCUT2D eigenvalue weighted by molar-refractivity contribution is -0.128. The minimum Gasteiger partial charge on any atom is -0.480 e. The number of hydrogen-bond acceptors (Lipinski definition) is 2. The number of hydrogen-bond donors (Lipinski definition) is 1. The molecule has 3 heteroatoms. The average Bonchev–Trinajstić information content (AvgIpc) is 2.66. The molecule has 2 atom stereocenters. The monoisotopic (exact) mass is 347 g/mol. The molecule has 0 saturated carbocycles. The van der Waals surface area contributed by atoms with E-state index < -0.39 is 6.10 Å². The lowest BCUT2D eigenvalue weighted by Gasteiger charge is -2.21. The molecule has 0 aliphatic rings. The van der Waals surface area contributed by atoms with E-state index in [9.17, 15) is 4.79 Å². The number of nitrogens with one attached hydrogen (secondary N) is 1. The Labute approximate surface area is 155 Å². The third-order valence-electron chi connectivity index (χ3n) is 4.62. The zero-order valence-electron chi connectivity index (χ0n) is 15.5. The summed E-state index contributed by atoms with van der Waals surface area (Å²) in [7, 11) is 0. The summed E-state index contributed by atoms with van der Waals surface area (Å²) < 4.78 is 6.08. The minimum absolute atomic E-state index is 0.0618. The van der Waals surface area contributed by atoms with Crippen molar-refractivity contribution in [3.05, 3.63) is 77.9 Å². The number of ether oxygens (including phenoxy) is 1. The molecular weight excluding hydrogens is 322 g/mol. The zero-order chi connectivity index (χ0) is 18.5. The van der Waals surface area contributed by atoms with Gasteiger partial charge in [-0.25, -0.2) is 0 Å². The quantitative estimate of drug-likeness (QED) is 0.667. The molecule has 0 saturated heterocycles. The fourth-order valence-corrected chi connectivity index (χ4v) is 3.02. The van der Waals surface area contributed by atoms with E-state index in [2.05, 4.69) is 24.4 Å². The van der Waals surface area contributed by atoms with Crippen LogP contribution in [0.4, 0.5) is 0 Å². The maximum atomic E-state index is 12.7. The van der Waals surface area contributed by atoms with Gasteiger partial charge in [-0.2, -0.15) is 0 Å². The Morgan fingerprint density at radius 3 is 2.42 bits per heavy atom. The van der Waals surface area contributed by atoms with Gasteiger partial charge in [-0.3, -0.25) is 4.79 Å². The molecule has 134 valence electrons. The first kappa shape index (κ1) is 18.0. The van der Waals surface area contributed by atoms with Crippen molar-refractivity contribution in [2.75, 3.05) is 0 Å². The molecule has 1 amide bonds. The Hall–Kier alpha value is -2.81. The van der Waals surface area contributed by atoms with Crippen LogP contribution in [0, 0.1) is 6.92 Å². The number of aryl methyl sites for hydroxylation is 1. The molecule has 3 aromatic rings. The van der Waals surface area contributed by atoms with E-state index in [4.69, 9.17) is 4.74 Å². The first-order chi connectivity index (χ1) is 12.6. The Morgan fingerprint density at radius 2 is 1.69 bits per heavy atom. The maximum Gasteiger partial charge on any atom is 0.261 e. The number of benzene rings is 3. The number of carbonyl (C=O) groups is 1. The summed E-state index contributed by atoms with van der Waals surface area (Å²) in [5.74, 6) is 0.654. The predicted octanol–water partition coefficient (Wildman–Crippen LogP) is 5.18. The summed E-state index contributed by atoms with van der Waals surface area (Å²) in [4.78, 5) is 12.7. The van der Waals surface area contributed by atoms with Gasteiger partial charge in [0.25, 0.3) is 5.91 Å². The highest BCUT2D eigenvalue weighted by molar-refractivity contribution is 5.89. The summed E-state index contributed by atoms with van der Waals surface area (Å²) in [6, 6.07) is 22.1. The van der Waals surface area contributed by atoms with Gasteiger partial charge in [0.1, 0.15) is 5.75 Å². The van der Waals surface area contributed by atoms with Gasteiger partial charge in [0.2, 0.25) is 0 Å². The number of carbonyl (C=O) groups excluding carboxylic acids is 1. The topological polar surface area (TPSA) is 38.3 Å². The van der Waals surface area contributed by atoms with E-state index in [1.165, 1.54) is 5.56 Å². The van der Waals surface area contributed by atoms with Crippen molar-refractivity contribution in [1.82, 2.24) is 5.32 Å². The summed E-state index contributed by atoms with van der Waals surface area (Å²) >= 11 is 0. The van der Waals surface area contributed by atoms with Crippen LogP contribution in [0.3, 0.4) is 0 Å². The van der Waals surface area contributed by atoms with Gasteiger partial charge < -0.3 is 10.1 Å². The lowest BCUT2D eigenvalue weighted by Crippen LogP contribution is -2.39. The Bertz CT molecular complexity index is 881. The predicted molar refractivity (Wildman–Crippen MR) is 106 cm³/mol. The second-order valence-electron chi connectivity index (χ2n) is 6.63. The van der Waals surface area contributed by atoms with E-state index in [-0.39, 0.29) is 11.9 Å². The smallest absolute Gasteiger partial charge is 0.261 e. The number of rotatable bonds is 6. The second kappa shape index (κ2) is 8.05. The van der Waals surface area contributed by atoms with Gasteiger partial charge >= 0.3 is 0 Å². The van der Waals surface area contributed by atoms with Crippen molar-refractivity contribution in [3.8, 4) is 5.75 Å². The first-order valence-electron chi connectivity index (χ1n) is 9.10. The van der Waals surface area contributed by atoms with Crippen molar-refractivity contribution in [3.63, 3.8) is 0 Å². The van der Waals surface area contributed by atoms with Gasteiger partial charge in [-0.1, -0.05) is 73.2 Å². The highest BCUT2D eigenvalue weighted by Gasteiger charge is 2.21. The summed E-state index contributed by atoms with van der Waals surface area (Å²) in [6.07, 6.45) is 0.0871. The molecule has 0 aliphatic heterocycles. The molecular formula is C23H25NO2. The van der Waals surface area contributed by atoms with Gasteiger partial charge in [-0.05, 0) is 37.3 Å². The number of amides is 1. The van der Waals surface area contributed by atoms with Gasteiger partial charge in [0.15, 0.2) is 6.10 Å². The van der Waals surface area contributed by atoms with Crippen molar-refractivity contribution in [2.45, 2.75) is 39.3 Å². The molecule has 0 bridgehead atoms. The maximum absolute atomic E-state index is 12.7. The normalized spacial score (nSPS) is 13.2. The highest BCUT2D eigenvalue weighted by atomic mass is 16.5. The second-order valence-corrected chi connectivity index (χ2v) is 6.63. The summed E-state index contributed by atoms with van der Waals surface area (Å²) in [6.45, 7) is 6.01. The van der Waals surface area contributed by atoms with Gasteiger partial charge in [-0.15, -0.1) is 0 Å². The molecule has 0 aromatic heterocycles. The van der Waals surface area contributed by atoms with Crippen molar-refractivity contribution >= 4 is 16.7 Å². The minimum atomic E-state index is -0.520. The van der Waals surface area contributed by atoms with Crippen LogP contribution >= 0.6 is 0 Å². The fourth-order valence-electron chi connectivity index (χ4n) is 3.02. The van der Waals surface area contributed by atoms with Crippen LogP contribution in [0.15, 0.2) is 66.7 Å². The van der Waals surface area contributed by atoms with Crippen molar-refractivity contribution in [1.29, 1.82) is 0 Å². The van der Waals surface area contributed by atoms with Crippen molar-refractivity contribution < 1.29 is 9.53 Å². The van der Waals surface area contributed by atoms with E-state index in [1.54, 1.807) is 0 Å². The molecule has 3 rings (SSSR count). The van der Waals surface area contributed by atoms with Gasteiger partial charge in [0, 0.05) is 5.39 Å². The molecule has 26 heavy (non-hydrogen) atoms. The van der Waals surface area contributed by atoms with E-state index in [1.807, 2.05) is 68.4 Å². The van der Waals surface area contributed by atoms with Crippen LogP contribution in [-0.2, 0) is 4.79 Å². The molecule has 3 aromatic carbocycles. The lowest BCUT2D eigenvalue weighted by atomic mass is 10.1. The third kappa shape index (κ3) is 4.05. The van der Waals surface area contributed by atoms with Crippen LogP contribution in [0.25, 0.3) is 10.8 Å². The molecule has 3 nitrogen and oxygen atoms in total. The van der Waals surface area contributed by atoms with Gasteiger partial charge in [0.05, 0.1) is 6.04 Å². The molecule has 0 heterocycles. The van der Waals surface area contributed by atoms with Crippen LogP contribution in [0.1, 0.15) is 37.4 Å². The summed E-state index contributed by atoms with van der Waals surface area (Å²) in [5, 5.41) is 5.20. The molecule has 0 radical (unpaired) electrons. The van der Waals surface area contributed by atoms with E-state index >= 15 is 0 Å².